The van der Waals surface area contributed by atoms with Gasteiger partial charge in [0.2, 0.25) is 0 Å². The maximum absolute atomic E-state index is 9.64. The van der Waals surface area contributed by atoms with Crippen molar-refractivity contribution in [1.29, 1.82) is 5.26 Å². The van der Waals surface area contributed by atoms with Crippen molar-refractivity contribution in [2.45, 2.75) is 45.4 Å². The molecule has 0 unspecified atom stereocenters. The molecule has 3 rings (SSSR count). The van der Waals surface area contributed by atoms with Crippen LogP contribution in [-0.4, -0.2) is 54.7 Å². The molecule has 0 aliphatic carbocycles. The molecular formula is C21H31N3O. The molecule has 4 nitrogen and oxygen atoms in total. The van der Waals surface area contributed by atoms with Crippen LogP contribution in [0.4, 0.5) is 0 Å². The molecule has 2 aliphatic rings. The normalized spacial score (nSPS) is 28.8. The summed E-state index contributed by atoms with van der Waals surface area (Å²) in [4.78, 5) is 4.83. The maximum atomic E-state index is 9.64. The van der Waals surface area contributed by atoms with Crippen LogP contribution in [0.2, 0.25) is 0 Å². The molecule has 0 radical (unpaired) electrons. The fourth-order valence-electron chi connectivity index (χ4n) is 4.07. The molecular weight excluding hydrogens is 310 g/mol. The molecule has 1 aromatic carbocycles. The van der Waals surface area contributed by atoms with Gasteiger partial charge < -0.3 is 4.74 Å². The number of nitrogens with zero attached hydrogens (tertiary/aromatic N) is 3. The summed E-state index contributed by atoms with van der Waals surface area (Å²) in [6, 6.07) is 13.0. The van der Waals surface area contributed by atoms with Crippen LogP contribution < -0.4 is 0 Å². The molecule has 1 aromatic rings. The molecule has 2 aliphatic heterocycles. The van der Waals surface area contributed by atoms with Crippen LogP contribution in [-0.2, 0) is 11.3 Å². The minimum absolute atomic E-state index is 0.00491. The number of hydrogen-bond donors (Lipinski definition) is 0. The Morgan fingerprint density at radius 2 is 2.04 bits per heavy atom. The Morgan fingerprint density at radius 3 is 2.76 bits per heavy atom. The first-order chi connectivity index (χ1) is 12.2. The molecule has 2 heterocycles. The van der Waals surface area contributed by atoms with E-state index in [2.05, 4.69) is 54.0 Å². The molecule has 0 spiro atoms. The topological polar surface area (TPSA) is 39.5 Å². The van der Waals surface area contributed by atoms with Crippen molar-refractivity contribution in [3.8, 4) is 6.07 Å². The van der Waals surface area contributed by atoms with Crippen molar-refractivity contribution >= 4 is 0 Å². The summed E-state index contributed by atoms with van der Waals surface area (Å²) in [6.07, 6.45) is 2.73. The molecule has 2 saturated heterocycles. The second kappa shape index (κ2) is 8.80. The lowest BCUT2D eigenvalue weighted by atomic mass is 9.89. The van der Waals surface area contributed by atoms with Crippen LogP contribution in [0, 0.1) is 23.2 Å². The largest absolute Gasteiger partial charge is 0.378 e. The van der Waals surface area contributed by atoms with Crippen molar-refractivity contribution in [3.05, 3.63) is 35.9 Å². The summed E-state index contributed by atoms with van der Waals surface area (Å²) < 4.78 is 5.91. The predicted octanol–water partition coefficient (Wildman–Crippen LogP) is 3.15. The van der Waals surface area contributed by atoms with Crippen LogP contribution >= 0.6 is 0 Å². The highest BCUT2D eigenvalue weighted by Gasteiger charge is 2.31. The first kappa shape index (κ1) is 18.4. The molecule has 25 heavy (non-hydrogen) atoms. The van der Waals surface area contributed by atoms with E-state index in [9.17, 15) is 5.26 Å². The fraction of sp³-hybridized carbons (Fsp3) is 0.667. The quantitative estimate of drug-likeness (QED) is 0.825. The summed E-state index contributed by atoms with van der Waals surface area (Å²) in [5.74, 6) is 1.30. The van der Waals surface area contributed by atoms with E-state index >= 15 is 0 Å². The van der Waals surface area contributed by atoms with Crippen molar-refractivity contribution in [2.75, 3.05) is 32.8 Å². The van der Waals surface area contributed by atoms with Gasteiger partial charge in [-0.3, -0.25) is 9.80 Å². The highest BCUT2D eigenvalue weighted by atomic mass is 16.5. The summed E-state index contributed by atoms with van der Waals surface area (Å²) in [5, 5.41) is 9.64. The average Bonchev–Trinajstić information content (AvgIpc) is 2.64. The molecule has 0 aromatic heterocycles. The van der Waals surface area contributed by atoms with Gasteiger partial charge in [-0.2, -0.15) is 5.26 Å². The molecule has 2 fully saturated rings. The van der Waals surface area contributed by atoms with Gasteiger partial charge in [0.05, 0.1) is 12.2 Å². The Bertz CT molecular complexity index is 568. The second-order valence-corrected chi connectivity index (χ2v) is 7.90. The number of piperazine rings is 1. The maximum Gasteiger partial charge on any atom is 0.111 e. The van der Waals surface area contributed by atoms with E-state index in [1.807, 2.05) is 6.07 Å². The van der Waals surface area contributed by atoms with Crippen LogP contribution in [0.1, 0.15) is 32.3 Å². The van der Waals surface area contributed by atoms with Gasteiger partial charge >= 0.3 is 0 Å². The Kier molecular flexibility index (Phi) is 6.47. The minimum Gasteiger partial charge on any atom is -0.378 e. The SMILES string of the molecule is CC(C)[C@@H]1C[C@@H](CN2CCN(Cc3ccccc3)[C@@H](C#N)C2)CCO1. The standard InChI is InChI=1S/C21H31N3O/c1-17(2)21-12-19(8-11-25-21)14-23-9-10-24(20(13-22)16-23)15-18-6-4-3-5-7-18/h3-7,17,19-21H,8-12,14-16H2,1-2H3/t19-,20-,21-/m0/s1. The zero-order valence-electron chi connectivity index (χ0n) is 15.6. The van der Waals surface area contributed by atoms with E-state index in [-0.39, 0.29) is 6.04 Å². The highest BCUT2D eigenvalue weighted by molar-refractivity contribution is 5.15. The smallest absolute Gasteiger partial charge is 0.111 e. The number of rotatable bonds is 5. The third kappa shape index (κ3) is 5.04. The van der Waals surface area contributed by atoms with Crippen LogP contribution in [0.5, 0.6) is 0 Å². The van der Waals surface area contributed by atoms with Gasteiger partial charge in [0, 0.05) is 39.3 Å². The van der Waals surface area contributed by atoms with Crippen LogP contribution in [0.3, 0.4) is 0 Å². The predicted molar refractivity (Wildman–Crippen MR) is 100.0 cm³/mol. The van der Waals surface area contributed by atoms with Gasteiger partial charge in [0.1, 0.15) is 6.04 Å². The van der Waals surface area contributed by atoms with E-state index < -0.39 is 0 Å². The molecule has 3 atom stereocenters. The first-order valence-corrected chi connectivity index (χ1v) is 9.67. The van der Waals surface area contributed by atoms with Crippen molar-refractivity contribution < 1.29 is 4.74 Å². The summed E-state index contributed by atoms with van der Waals surface area (Å²) in [6.45, 7) is 10.3. The Labute approximate surface area is 152 Å². The third-order valence-corrected chi connectivity index (χ3v) is 5.64. The number of benzene rings is 1. The number of nitriles is 1. The lowest BCUT2D eigenvalue weighted by Crippen LogP contribution is -2.53. The van der Waals surface area contributed by atoms with E-state index in [1.54, 1.807) is 0 Å². The van der Waals surface area contributed by atoms with E-state index in [0.29, 0.717) is 17.9 Å². The van der Waals surface area contributed by atoms with Gasteiger partial charge in [-0.15, -0.1) is 0 Å². The number of ether oxygens (including phenoxy) is 1. The monoisotopic (exact) mass is 341 g/mol. The van der Waals surface area contributed by atoms with Gasteiger partial charge in [-0.25, -0.2) is 0 Å². The van der Waals surface area contributed by atoms with E-state index in [1.165, 1.54) is 12.0 Å². The third-order valence-electron chi connectivity index (χ3n) is 5.64. The van der Waals surface area contributed by atoms with E-state index in [0.717, 1.165) is 45.8 Å². The fourth-order valence-corrected chi connectivity index (χ4v) is 4.07. The second-order valence-electron chi connectivity index (χ2n) is 7.90. The first-order valence-electron chi connectivity index (χ1n) is 9.67. The zero-order valence-corrected chi connectivity index (χ0v) is 15.6. The van der Waals surface area contributed by atoms with Crippen molar-refractivity contribution in [1.82, 2.24) is 9.80 Å². The zero-order chi connectivity index (χ0) is 17.6. The average molecular weight is 341 g/mol. The molecule has 0 amide bonds. The minimum atomic E-state index is -0.00491. The Morgan fingerprint density at radius 1 is 1.24 bits per heavy atom. The lowest BCUT2D eigenvalue weighted by molar-refractivity contribution is -0.0432. The molecule has 4 heteroatoms. The van der Waals surface area contributed by atoms with Crippen molar-refractivity contribution in [3.63, 3.8) is 0 Å². The Hall–Kier alpha value is -1.41. The molecule has 0 saturated carbocycles. The molecule has 136 valence electrons. The van der Waals surface area contributed by atoms with Crippen LogP contribution in [0.25, 0.3) is 0 Å². The van der Waals surface area contributed by atoms with Crippen molar-refractivity contribution in [2.24, 2.45) is 11.8 Å². The molecule has 0 bridgehead atoms. The van der Waals surface area contributed by atoms with Gasteiger partial charge in [-0.05, 0) is 30.2 Å². The summed E-state index contributed by atoms with van der Waals surface area (Å²) >= 11 is 0. The lowest BCUT2D eigenvalue weighted by Gasteiger charge is -2.41. The summed E-state index contributed by atoms with van der Waals surface area (Å²) in [5.41, 5.74) is 1.29. The number of hydrogen-bond acceptors (Lipinski definition) is 4. The van der Waals surface area contributed by atoms with Gasteiger partial charge in [0.25, 0.3) is 0 Å². The van der Waals surface area contributed by atoms with Gasteiger partial charge in [-0.1, -0.05) is 44.2 Å². The van der Waals surface area contributed by atoms with E-state index in [4.69, 9.17) is 4.74 Å². The molecule has 0 N–H and O–H groups in total. The van der Waals surface area contributed by atoms with Gasteiger partial charge in [0.15, 0.2) is 0 Å². The van der Waals surface area contributed by atoms with Crippen LogP contribution in [0.15, 0.2) is 30.3 Å². The highest BCUT2D eigenvalue weighted by Crippen LogP contribution is 2.26. The Balaban J connectivity index is 1.52. The summed E-state index contributed by atoms with van der Waals surface area (Å²) in [7, 11) is 0.